The summed E-state index contributed by atoms with van der Waals surface area (Å²) in [6, 6.07) is 9.82. The first-order valence-electron chi connectivity index (χ1n) is 14.0. The van der Waals surface area contributed by atoms with E-state index in [0.717, 1.165) is 27.4 Å². The Morgan fingerprint density at radius 1 is 1.20 bits per heavy atom. The molecule has 46 heavy (non-hydrogen) atoms. The second kappa shape index (κ2) is 12.6. The Balaban J connectivity index is 1.11. The van der Waals surface area contributed by atoms with Crippen molar-refractivity contribution < 1.29 is 39.2 Å². The zero-order chi connectivity index (χ0) is 32.5. The van der Waals surface area contributed by atoms with Gasteiger partial charge in [0.25, 0.3) is 11.8 Å². The predicted octanol–water partition coefficient (Wildman–Crippen LogP) is 1.04. The van der Waals surface area contributed by atoms with Gasteiger partial charge in [-0.2, -0.15) is 0 Å². The Morgan fingerprint density at radius 3 is 2.65 bits per heavy atom. The van der Waals surface area contributed by atoms with E-state index >= 15 is 0 Å². The summed E-state index contributed by atoms with van der Waals surface area (Å²) in [5.41, 5.74) is 7.64. The lowest BCUT2D eigenvalue weighted by Gasteiger charge is -2.49. The number of carbonyl (C=O) groups is 4. The minimum atomic E-state index is -1.32. The highest BCUT2D eigenvalue weighted by Gasteiger charge is 2.54. The molecule has 2 fully saturated rings. The highest BCUT2D eigenvalue weighted by atomic mass is 32.2. The molecule has 3 aromatic rings. The molecule has 236 valence electrons. The van der Waals surface area contributed by atoms with Crippen LogP contribution in [-0.4, -0.2) is 83.3 Å². The van der Waals surface area contributed by atoms with Crippen LogP contribution in [0.3, 0.4) is 0 Å². The lowest BCUT2D eigenvalue weighted by atomic mass is 10.0. The number of amides is 3. The number of pyridine rings is 1. The molecule has 0 aliphatic carbocycles. The first-order valence-corrected chi connectivity index (χ1v) is 16.0. The molecule has 6 rings (SSSR count). The van der Waals surface area contributed by atoms with Gasteiger partial charge in [0.1, 0.15) is 28.6 Å². The molecule has 3 aliphatic rings. The van der Waals surface area contributed by atoms with Crippen molar-refractivity contribution in [3.63, 3.8) is 0 Å². The quantitative estimate of drug-likeness (QED) is 0.0550. The van der Waals surface area contributed by atoms with Crippen molar-refractivity contribution in [2.75, 3.05) is 18.0 Å². The Kier molecular flexibility index (Phi) is 8.46. The van der Waals surface area contributed by atoms with Crippen LogP contribution >= 0.6 is 23.1 Å². The van der Waals surface area contributed by atoms with Crippen LogP contribution in [0.2, 0.25) is 0 Å². The third-order valence-electron chi connectivity index (χ3n) is 7.74. The number of allylic oxidation sites excluding steroid dienone is 1. The molecule has 0 radical (unpaired) electrons. The van der Waals surface area contributed by atoms with E-state index in [1.165, 1.54) is 17.1 Å². The summed E-state index contributed by atoms with van der Waals surface area (Å²) in [4.78, 5) is 58.2. The molecule has 14 nitrogen and oxygen atoms in total. The van der Waals surface area contributed by atoms with Gasteiger partial charge in [-0.05, 0) is 35.8 Å². The number of oxime groups is 1. The van der Waals surface area contributed by atoms with Crippen LogP contribution < -0.4 is 15.6 Å². The number of aliphatic carboxylic acids is 1. The zero-order valence-electron chi connectivity index (χ0n) is 24.1. The lowest BCUT2D eigenvalue weighted by Crippen LogP contribution is -2.71. The Hall–Kier alpha value is -5.22. The smallest absolute Gasteiger partial charge is 0.352 e. The molecule has 5 heterocycles. The number of benzene rings is 1. The first kappa shape index (κ1) is 30.8. The van der Waals surface area contributed by atoms with E-state index in [2.05, 4.69) is 15.5 Å². The molecule has 0 saturated carbocycles. The zero-order valence-corrected chi connectivity index (χ0v) is 25.7. The van der Waals surface area contributed by atoms with Gasteiger partial charge in [-0.15, -0.1) is 23.1 Å². The second-order valence-corrected chi connectivity index (χ2v) is 12.7. The maximum Gasteiger partial charge on any atom is 0.352 e. The van der Waals surface area contributed by atoms with Gasteiger partial charge in [0.2, 0.25) is 5.91 Å². The number of phenolic OH excluding ortho intramolecular Hbond substituents is 1. The molecule has 2 atom stereocenters. The fourth-order valence-electron chi connectivity index (χ4n) is 5.52. The number of thioether (sulfide) groups is 1. The number of hydrogen-bond donors (Lipinski definition) is 5. The van der Waals surface area contributed by atoms with Crippen LogP contribution in [0.1, 0.15) is 23.2 Å². The van der Waals surface area contributed by atoms with Crippen molar-refractivity contribution in [1.29, 1.82) is 0 Å². The van der Waals surface area contributed by atoms with Crippen LogP contribution in [0.25, 0.3) is 0 Å². The third kappa shape index (κ3) is 6.03. The van der Waals surface area contributed by atoms with Crippen LogP contribution in [0, 0.1) is 0 Å². The van der Waals surface area contributed by atoms with E-state index in [1.54, 1.807) is 29.2 Å². The molecule has 0 unspecified atom stereocenters. The fraction of sp³-hybridized carbons (Fsp3) is 0.233. The molecule has 6 N–H and O–H groups in total. The standard InChI is InChI=1S/C30H27N7O7S2/c31-30-32-21(15-46-30)22(34-44)25(39)33-23-27(41)37-24(29(42)43)19(14-45-28(23)37)11-18-6-9-36(26(18)40)13-16-4-7-35(8-5-16)12-17-2-1-3-20(38)10-17/h1-5,7-8,10-11,15,23,28H,6,9,12-14H2,(H5-,31,32,33,38,39,42,43,44)/p+1/b18-11+/t23-,28-/m1/s1. The third-order valence-corrected chi connectivity index (χ3v) is 9.71. The number of nitrogens with one attached hydrogen (secondary N) is 1. The highest BCUT2D eigenvalue weighted by molar-refractivity contribution is 8.00. The van der Waals surface area contributed by atoms with E-state index in [0.29, 0.717) is 37.2 Å². The van der Waals surface area contributed by atoms with Gasteiger partial charge in [-0.3, -0.25) is 19.3 Å². The lowest BCUT2D eigenvalue weighted by molar-refractivity contribution is -0.688. The molecule has 1 aromatic carbocycles. The number of rotatable bonds is 9. The number of carboxylic acids is 1. The minimum Gasteiger partial charge on any atom is -0.508 e. The molecule has 16 heteroatoms. The summed E-state index contributed by atoms with van der Waals surface area (Å²) in [7, 11) is 0. The number of phenols is 1. The largest absolute Gasteiger partial charge is 0.508 e. The molecule has 2 saturated heterocycles. The SMILES string of the molecule is Nc1nc(/C(=N/O)C(=O)N[C@@H]2C(=O)N3C(C(=O)O)=C(/C=C4\CCN(Cc5cc[n+](Cc6cccc(O)c6)cc5)C4=O)CS[C@H]23)cs1. The number of aromatic hydroxyl groups is 1. The van der Waals surface area contributed by atoms with Gasteiger partial charge in [-0.25, -0.2) is 14.3 Å². The molecule has 0 spiro atoms. The number of likely N-dealkylation sites (tertiary alicyclic amines) is 1. The normalized spacial score (nSPS) is 20.6. The average molecular weight is 663 g/mol. The molecule has 2 aromatic heterocycles. The van der Waals surface area contributed by atoms with Crippen molar-refractivity contribution in [3.8, 4) is 5.75 Å². The average Bonchev–Trinajstić information content (AvgIpc) is 3.61. The van der Waals surface area contributed by atoms with Crippen molar-refractivity contribution >= 4 is 57.6 Å². The van der Waals surface area contributed by atoms with Gasteiger partial charge in [-0.1, -0.05) is 17.3 Å². The van der Waals surface area contributed by atoms with Crippen LogP contribution in [-0.2, 0) is 32.3 Å². The van der Waals surface area contributed by atoms with Gasteiger partial charge in [0.05, 0.1) is 0 Å². The molecular formula is C30H28N7O7S2+. The summed E-state index contributed by atoms with van der Waals surface area (Å²) in [6.07, 6.45) is 5.79. The summed E-state index contributed by atoms with van der Waals surface area (Å²) < 4.78 is 1.96. The number of carboxylic acid groups (broad SMARTS) is 1. The number of carbonyl (C=O) groups excluding carboxylic acids is 3. The maximum atomic E-state index is 13.3. The topological polar surface area (TPSA) is 203 Å². The summed E-state index contributed by atoms with van der Waals surface area (Å²) in [5, 5.41) is 35.5. The van der Waals surface area contributed by atoms with Crippen molar-refractivity contribution in [3.05, 3.63) is 93.9 Å². The van der Waals surface area contributed by atoms with Gasteiger partial charge < -0.3 is 31.4 Å². The molecule has 3 aliphatic heterocycles. The Bertz CT molecular complexity index is 1840. The number of nitrogens with zero attached hydrogens (tertiary/aromatic N) is 5. The monoisotopic (exact) mass is 662 g/mol. The van der Waals surface area contributed by atoms with Crippen molar-refractivity contribution in [2.45, 2.75) is 30.9 Å². The number of anilines is 1. The van der Waals surface area contributed by atoms with Crippen LogP contribution in [0.4, 0.5) is 5.13 Å². The summed E-state index contributed by atoms with van der Waals surface area (Å²) in [5.74, 6) is -2.63. The van der Waals surface area contributed by atoms with Crippen molar-refractivity contribution in [2.24, 2.45) is 5.16 Å². The maximum absolute atomic E-state index is 13.3. The molecular weight excluding hydrogens is 635 g/mol. The van der Waals surface area contributed by atoms with E-state index in [4.69, 9.17) is 5.73 Å². The summed E-state index contributed by atoms with van der Waals surface area (Å²) >= 11 is 2.30. The number of nitrogen functional groups attached to an aromatic ring is 1. The van der Waals surface area contributed by atoms with Gasteiger partial charge in [0.15, 0.2) is 29.8 Å². The predicted molar refractivity (Wildman–Crippen MR) is 166 cm³/mol. The number of nitrogens with two attached hydrogens (primary N) is 1. The van der Waals surface area contributed by atoms with E-state index in [-0.39, 0.29) is 33.9 Å². The van der Waals surface area contributed by atoms with Crippen LogP contribution in [0.5, 0.6) is 5.75 Å². The molecule has 3 amide bonds. The number of thiazole rings is 1. The molecule has 0 bridgehead atoms. The van der Waals surface area contributed by atoms with E-state index < -0.39 is 34.9 Å². The van der Waals surface area contributed by atoms with Gasteiger partial charge in [0, 0.05) is 47.5 Å². The Morgan fingerprint density at radius 2 is 1.98 bits per heavy atom. The van der Waals surface area contributed by atoms with Crippen molar-refractivity contribution in [1.82, 2.24) is 20.1 Å². The second-order valence-electron chi connectivity index (χ2n) is 10.8. The first-order chi connectivity index (χ1) is 22.1. The Labute approximate surface area is 270 Å². The van der Waals surface area contributed by atoms with E-state index in [9.17, 15) is 34.6 Å². The number of aromatic nitrogens is 2. The van der Waals surface area contributed by atoms with Gasteiger partial charge >= 0.3 is 5.97 Å². The number of hydrogen-bond acceptors (Lipinski definition) is 11. The minimum absolute atomic E-state index is 0.0404. The van der Waals surface area contributed by atoms with E-state index in [1.807, 2.05) is 35.2 Å². The fourth-order valence-corrected chi connectivity index (χ4v) is 7.37. The highest BCUT2D eigenvalue weighted by Crippen LogP contribution is 2.41. The van der Waals surface area contributed by atoms with Crippen LogP contribution in [0.15, 0.2) is 82.2 Å². The summed E-state index contributed by atoms with van der Waals surface area (Å²) in [6.45, 7) is 1.42. The number of fused-ring (bicyclic) bond motifs is 1. The number of β-lactam (4-membered cyclic amide) rings is 1.